The summed E-state index contributed by atoms with van der Waals surface area (Å²) in [4.78, 5) is 30.6. The lowest BCUT2D eigenvalue weighted by molar-refractivity contribution is 0.0792. The number of aromatic nitrogens is 1. The Morgan fingerprint density at radius 2 is 1.67 bits per heavy atom. The van der Waals surface area contributed by atoms with E-state index < -0.39 is 5.91 Å². The molecule has 1 aromatic heterocycles. The summed E-state index contributed by atoms with van der Waals surface area (Å²) in [5, 5.41) is 3.34. The van der Waals surface area contributed by atoms with Crippen LogP contribution in [-0.4, -0.2) is 34.8 Å². The van der Waals surface area contributed by atoms with Crippen molar-refractivity contribution in [1.29, 1.82) is 0 Å². The normalized spacial score (nSPS) is 13.8. The van der Waals surface area contributed by atoms with Crippen molar-refractivity contribution in [3.05, 3.63) is 57.8 Å². The van der Waals surface area contributed by atoms with Gasteiger partial charge in [-0.2, -0.15) is 0 Å². The van der Waals surface area contributed by atoms with Gasteiger partial charge in [0.15, 0.2) is 0 Å². The second-order valence-corrected chi connectivity index (χ2v) is 6.33. The molecule has 2 amide bonds. The second-order valence-electron chi connectivity index (χ2n) is 5.51. The molecule has 1 fully saturated rings. The monoisotopic (exact) mass is 363 g/mol. The summed E-state index contributed by atoms with van der Waals surface area (Å²) in [7, 11) is 0. The Kier molecular flexibility index (Phi) is 5.02. The summed E-state index contributed by atoms with van der Waals surface area (Å²) in [6.07, 6.45) is 4.88. The van der Waals surface area contributed by atoms with Crippen LogP contribution in [0, 0.1) is 0 Å². The molecule has 1 aromatic carbocycles. The van der Waals surface area contributed by atoms with Gasteiger partial charge in [0, 0.05) is 25.5 Å². The Labute approximate surface area is 149 Å². The van der Waals surface area contributed by atoms with Crippen molar-refractivity contribution in [2.75, 3.05) is 18.4 Å². The van der Waals surface area contributed by atoms with Crippen molar-refractivity contribution in [2.45, 2.75) is 12.8 Å². The van der Waals surface area contributed by atoms with Crippen LogP contribution in [0.4, 0.5) is 5.69 Å². The predicted molar refractivity (Wildman–Crippen MR) is 93.8 cm³/mol. The molecule has 0 radical (unpaired) electrons. The minimum Gasteiger partial charge on any atom is -0.339 e. The predicted octanol–water partition coefficient (Wildman–Crippen LogP) is 3.88. The number of carbonyl (C=O) groups is 2. The van der Waals surface area contributed by atoms with Gasteiger partial charge in [-0.15, -0.1) is 0 Å². The van der Waals surface area contributed by atoms with E-state index in [-0.39, 0.29) is 11.5 Å². The summed E-state index contributed by atoms with van der Waals surface area (Å²) in [5.74, 6) is -0.529. The summed E-state index contributed by atoms with van der Waals surface area (Å²) >= 11 is 12.1. The molecule has 0 bridgehead atoms. The molecule has 1 N–H and O–H groups in total. The average Bonchev–Trinajstić information content (AvgIpc) is 3.12. The van der Waals surface area contributed by atoms with Gasteiger partial charge in [0.1, 0.15) is 0 Å². The van der Waals surface area contributed by atoms with E-state index in [0.717, 1.165) is 25.9 Å². The molecule has 124 valence electrons. The first-order chi connectivity index (χ1) is 11.6. The zero-order chi connectivity index (χ0) is 17.1. The van der Waals surface area contributed by atoms with Crippen LogP contribution in [0.3, 0.4) is 0 Å². The smallest absolute Gasteiger partial charge is 0.257 e. The van der Waals surface area contributed by atoms with Gasteiger partial charge >= 0.3 is 0 Å². The number of likely N-dealkylation sites (tertiary alicyclic amines) is 1. The van der Waals surface area contributed by atoms with Gasteiger partial charge in [0.2, 0.25) is 0 Å². The van der Waals surface area contributed by atoms with Crippen LogP contribution < -0.4 is 5.32 Å². The lowest BCUT2D eigenvalue weighted by Crippen LogP contribution is -2.28. The molecule has 0 atom stereocenters. The third-order valence-electron chi connectivity index (χ3n) is 3.84. The molecule has 2 heterocycles. The van der Waals surface area contributed by atoms with Crippen LogP contribution in [0.5, 0.6) is 0 Å². The maximum absolute atomic E-state index is 12.4. The van der Waals surface area contributed by atoms with E-state index >= 15 is 0 Å². The minimum absolute atomic E-state index is 0.106. The van der Waals surface area contributed by atoms with Gasteiger partial charge in [-0.1, -0.05) is 29.3 Å². The van der Waals surface area contributed by atoms with Crippen LogP contribution in [0.25, 0.3) is 0 Å². The third kappa shape index (κ3) is 3.52. The molecule has 5 nitrogen and oxygen atoms in total. The van der Waals surface area contributed by atoms with E-state index in [1.54, 1.807) is 23.1 Å². The van der Waals surface area contributed by atoms with E-state index in [9.17, 15) is 9.59 Å². The van der Waals surface area contributed by atoms with Crippen LogP contribution in [0.1, 0.15) is 33.6 Å². The number of nitrogens with zero attached hydrogens (tertiary/aromatic N) is 2. The second kappa shape index (κ2) is 7.20. The number of halogens is 2. The first-order valence-electron chi connectivity index (χ1n) is 7.56. The van der Waals surface area contributed by atoms with E-state index in [1.807, 2.05) is 0 Å². The molecule has 2 aromatic rings. The van der Waals surface area contributed by atoms with E-state index in [1.165, 1.54) is 18.5 Å². The van der Waals surface area contributed by atoms with Gasteiger partial charge in [-0.25, -0.2) is 0 Å². The summed E-state index contributed by atoms with van der Waals surface area (Å²) in [6.45, 7) is 1.48. The van der Waals surface area contributed by atoms with E-state index in [2.05, 4.69) is 10.3 Å². The van der Waals surface area contributed by atoms with Crippen molar-refractivity contribution in [3.8, 4) is 0 Å². The molecule has 1 aliphatic heterocycles. The van der Waals surface area contributed by atoms with Crippen LogP contribution in [0.15, 0.2) is 36.7 Å². The Morgan fingerprint density at radius 3 is 2.33 bits per heavy atom. The number of pyridine rings is 1. The first kappa shape index (κ1) is 16.7. The molecule has 24 heavy (non-hydrogen) atoms. The number of para-hydroxylation sites is 1. The number of benzene rings is 1. The largest absolute Gasteiger partial charge is 0.339 e. The van der Waals surface area contributed by atoms with Crippen molar-refractivity contribution in [2.24, 2.45) is 0 Å². The van der Waals surface area contributed by atoms with Crippen LogP contribution in [-0.2, 0) is 0 Å². The molecule has 1 saturated heterocycles. The SMILES string of the molecule is O=C(Nc1c(Cl)cccc1Cl)c1cncc(C(=O)N2CCCC2)c1. The highest BCUT2D eigenvalue weighted by atomic mass is 35.5. The molecule has 3 rings (SSSR count). The van der Waals surface area contributed by atoms with Crippen LogP contribution in [0.2, 0.25) is 10.0 Å². The van der Waals surface area contributed by atoms with Crippen molar-refractivity contribution in [3.63, 3.8) is 0 Å². The highest BCUT2D eigenvalue weighted by Crippen LogP contribution is 2.30. The van der Waals surface area contributed by atoms with Crippen molar-refractivity contribution in [1.82, 2.24) is 9.88 Å². The first-order valence-corrected chi connectivity index (χ1v) is 8.31. The molecule has 0 unspecified atom stereocenters. The van der Waals surface area contributed by atoms with E-state index in [0.29, 0.717) is 21.3 Å². The summed E-state index contributed by atoms with van der Waals surface area (Å²) in [6, 6.07) is 6.49. The summed E-state index contributed by atoms with van der Waals surface area (Å²) in [5.41, 5.74) is 1.01. The fourth-order valence-corrected chi connectivity index (χ4v) is 3.08. The van der Waals surface area contributed by atoms with Gasteiger partial charge in [-0.3, -0.25) is 14.6 Å². The zero-order valence-electron chi connectivity index (χ0n) is 12.8. The standard InChI is InChI=1S/C17H15Cl2N3O2/c18-13-4-3-5-14(19)15(13)21-16(23)11-8-12(10-20-9-11)17(24)22-6-1-2-7-22/h3-5,8-10H,1-2,6-7H2,(H,21,23). The molecule has 0 aliphatic carbocycles. The molecular formula is C17H15Cl2N3O2. The molecular weight excluding hydrogens is 349 g/mol. The molecule has 0 saturated carbocycles. The lowest BCUT2D eigenvalue weighted by atomic mass is 10.1. The zero-order valence-corrected chi connectivity index (χ0v) is 14.3. The van der Waals surface area contributed by atoms with Crippen molar-refractivity contribution < 1.29 is 9.59 Å². The fraction of sp³-hybridized carbons (Fsp3) is 0.235. The Morgan fingerprint density at radius 1 is 1.04 bits per heavy atom. The third-order valence-corrected chi connectivity index (χ3v) is 4.47. The summed E-state index contributed by atoms with van der Waals surface area (Å²) < 4.78 is 0. The topological polar surface area (TPSA) is 62.3 Å². The number of nitrogens with one attached hydrogen (secondary N) is 1. The number of rotatable bonds is 3. The Bertz CT molecular complexity index is 769. The number of hydrogen-bond acceptors (Lipinski definition) is 3. The Balaban J connectivity index is 1.80. The molecule has 0 spiro atoms. The quantitative estimate of drug-likeness (QED) is 0.899. The highest BCUT2D eigenvalue weighted by Gasteiger charge is 2.21. The minimum atomic E-state index is -0.423. The number of hydrogen-bond donors (Lipinski definition) is 1. The lowest BCUT2D eigenvalue weighted by Gasteiger charge is -2.15. The molecule has 7 heteroatoms. The average molecular weight is 364 g/mol. The number of amides is 2. The molecule has 1 aliphatic rings. The highest BCUT2D eigenvalue weighted by molar-refractivity contribution is 6.40. The maximum atomic E-state index is 12.4. The fourth-order valence-electron chi connectivity index (χ4n) is 2.59. The van der Waals surface area contributed by atoms with Gasteiger partial charge in [-0.05, 0) is 31.0 Å². The maximum Gasteiger partial charge on any atom is 0.257 e. The Hall–Kier alpha value is -2.11. The number of anilines is 1. The van der Waals surface area contributed by atoms with Crippen LogP contribution >= 0.6 is 23.2 Å². The van der Waals surface area contributed by atoms with Gasteiger partial charge in [0.25, 0.3) is 11.8 Å². The number of carbonyl (C=O) groups excluding carboxylic acids is 2. The van der Waals surface area contributed by atoms with Crippen molar-refractivity contribution >= 4 is 40.7 Å². The van der Waals surface area contributed by atoms with Gasteiger partial charge < -0.3 is 10.2 Å². The van der Waals surface area contributed by atoms with Gasteiger partial charge in [0.05, 0.1) is 26.9 Å². The van der Waals surface area contributed by atoms with E-state index in [4.69, 9.17) is 23.2 Å².